The van der Waals surface area contributed by atoms with E-state index in [0.29, 0.717) is 32.1 Å². The van der Waals surface area contributed by atoms with Crippen LogP contribution >= 0.6 is 0 Å². The molecule has 1 aliphatic heterocycles. The number of ether oxygens (including phenoxy) is 1. The number of hydrogen-bond acceptors (Lipinski definition) is 6. The third-order valence-corrected chi connectivity index (χ3v) is 3.61. The first kappa shape index (κ1) is 14.0. The quantitative estimate of drug-likeness (QED) is 0.776. The number of hydrogen-bond donors (Lipinski definition) is 3. The number of para-hydroxylation sites is 1. The van der Waals surface area contributed by atoms with Crippen molar-refractivity contribution in [1.82, 2.24) is 9.97 Å². The lowest BCUT2D eigenvalue weighted by Gasteiger charge is -2.21. The maximum absolute atomic E-state index is 10.4. The van der Waals surface area contributed by atoms with E-state index in [2.05, 4.69) is 20.6 Å². The summed E-state index contributed by atoms with van der Waals surface area (Å²) >= 11 is 0. The van der Waals surface area contributed by atoms with E-state index in [1.165, 1.54) is 0 Å². The Bertz CT molecular complexity index is 626. The molecule has 0 saturated carbocycles. The third-order valence-electron chi connectivity index (χ3n) is 3.61. The molecule has 1 aliphatic rings. The maximum Gasteiger partial charge on any atom is 0.225 e. The first-order valence-corrected chi connectivity index (χ1v) is 7.25. The molecule has 1 aromatic heterocycles. The number of nitrogens with zero attached hydrogens (tertiary/aromatic N) is 2. The molecule has 6 heteroatoms. The Hall–Kier alpha value is -1.92. The summed E-state index contributed by atoms with van der Waals surface area (Å²) in [7, 11) is 0. The Labute approximate surface area is 123 Å². The number of aromatic nitrogens is 2. The zero-order valence-electron chi connectivity index (χ0n) is 12.1. The van der Waals surface area contributed by atoms with Gasteiger partial charge in [-0.1, -0.05) is 12.1 Å². The number of aliphatic hydroxyl groups is 1. The van der Waals surface area contributed by atoms with E-state index >= 15 is 0 Å². The van der Waals surface area contributed by atoms with Gasteiger partial charge in [-0.2, -0.15) is 4.98 Å². The van der Waals surface area contributed by atoms with Crippen molar-refractivity contribution in [3.63, 3.8) is 0 Å². The second-order valence-corrected chi connectivity index (χ2v) is 5.32. The average Bonchev–Trinajstić information content (AvgIpc) is 2.92. The van der Waals surface area contributed by atoms with Gasteiger partial charge in [-0.15, -0.1) is 0 Å². The smallest absolute Gasteiger partial charge is 0.225 e. The Morgan fingerprint density at radius 1 is 1.29 bits per heavy atom. The molecule has 0 bridgehead atoms. The summed E-state index contributed by atoms with van der Waals surface area (Å²) in [5.41, 5.74) is 0.0605. The van der Waals surface area contributed by atoms with Gasteiger partial charge in [0, 0.05) is 31.5 Å². The van der Waals surface area contributed by atoms with E-state index < -0.39 is 5.60 Å². The first-order chi connectivity index (χ1) is 10.2. The molecule has 0 amide bonds. The fraction of sp³-hybridized carbons (Fsp3) is 0.467. The minimum atomic E-state index is -0.815. The number of rotatable bonds is 5. The Morgan fingerprint density at radius 2 is 2.14 bits per heavy atom. The highest BCUT2D eigenvalue weighted by Crippen LogP contribution is 2.24. The van der Waals surface area contributed by atoms with Gasteiger partial charge in [-0.25, -0.2) is 4.98 Å². The van der Waals surface area contributed by atoms with Crippen LogP contribution in [-0.2, 0) is 4.74 Å². The number of nitrogens with one attached hydrogen (secondary N) is 2. The monoisotopic (exact) mass is 288 g/mol. The zero-order valence-corrected chi connectivity index (χ0v) is 12.1. The molecule has 0 radical (unpaired) electrons. The number of benzene rings is 1. The maximum atomic E-state index is 10.4. The van der Waals surface area contributed by atoms with E-state index in [0.717, 1.165) is 23.3 Å². The molecule has 1 atom stereocenters. The minimum Gasteiger partial charge on any atom is -0.386 e. The fourth-order valence-corrected chi connectivity index (χ4v) is 2.43. The first-order valence-electron chi connectivity index (χ1n) is 7.25. The molecule has 1 unspecified atom stereocenters. The van der Waals surface area contributed by atoms with E-state index in [4.69, 9.17) is 4.74 Å². The summed E-state index contributed by atoms with van der Waals surface area (Å²) in [6.07, 6.45) is 0.642. The highest BCUT2D eigenvalue weighted by molar-refractivity contribution is 5.90. The van der Waals surface area contributed by atoms with Crippen molar-refractivity contribution in [3.05, 3.63) is 24.3 Å². The summed E-state index contributed by atoms with van der Waals surface area (Å²) in [5, 5.41) is 17.7. The van der Waals surface area contributed by atoms with Gasteiger partial charge >= 0.3 is 0 Å². The zero-order chi connectivity index (χ0) is 14.7. The molecule has 2 aromatic rings. The molecular weight excluding hydrogens is 268 g/mol. The topological polar surface area (TPSA) is 79.3 Å². The van der Waals surface area contributed by atoms with Crippen LogP contribution < -0.4 is 10.6 Å². The highest BCUT2D eigenvalue weighted by Gasteiger charge is 2.32. The van der Waals surface area contributed by atoms with Crippen molar-refractivity contribution in [3.8, 4) is 0 Å². The Kier molecular flexibility index (Phi) is 3.90. The molecule has 1 fully saturated rings. The molecule has 3 N–H and O–H groups in total. The summed E-state index contributed by atoms with van der Waals surface area (Å²) in [6.45, 7) is 4.15. The molecule has 2 heterocycles. The number of fused-ring (bicyclic) bond motifs is 1. The van der Waals surface area contributed by atoms with Gasteiger partial charge < -0.3 is 20.5 Å². The normalized spacial score (nSPS) is 21.6. The predicted octanol–water partition coefficient (Wildman–Crippen LogP) is 1.62. The Morgan fingerprint density at radius 3 is 2.90 bits per heavy atom. The predicted molar refractivity (Wildman–Crippen MR) is 82.6 cm³/mol. The van der Waals surface area contributed by atoms with Crippen molar-refractivity contribution in [2.24, 2.45) is 0 Å². The van der Waals surface area contributed by atoms with Crippen LogP contribution in [0.15, 0.2) is 24.3 Å². The minimum absolute atomic E-state index is 0.364. The van der Waals surface area contributed by atoms with Crippen LogP contribution in [-0.4, -0.2) is 47.0 Å². The molecule has 3 rings (SSSR count). The molecule has 1 saturated heterocycles. The van der Waals surface area contributed by atoms with E-state index in [1.54, 1.807) is 0 Å². The third kappa shape index (κ3) is 3.06. The van der Waals surface area contributed by atoms with Crippen molar-refractivity contribution in [2.45, 2.75) is 18.9 Å². The van der Waals surface area contributed by atoms with Crippen LogP contribution in [0.25, 0.3) is 10.9 Å². The number of anilines is 2. The highest BCUT2D eigenvalue weighted by atomic mass is 16.5. The second kappa shape index (κ2) is 5.83. The van der Waals surface area contributed by atoms with E-state index in [1.807, 2.05) is 31.2 Å². The van der Waals surface area contributed by atoms with Crippen LogP contribution in [0.4, 0.5) is 11.8 Å². The SMILES string of the molecule is CCNc1nc(NCC2(O)CCOC2)c2ccccc2n1. The van der Waals surface area contributed by atoms with Gasteiger partial charge in [0.15, 0.2) is 0 Å². The Balaban J connectivity index is 1.88. The molecular formula is C15H20N4O2. The van der Waals surface area contributed by atoms with Crippen LogP contribution in [0.2, 0.25) is 0 Å². The molecule has 112 valence electrons. The van der Waals surface area contributed by atoms with Crippen LogP contribution in [0, 0.1) is 0 Å². The summed E-state index contributed by atoms with van der Waals surface area (Å²) in [4.78, 5) is 8.97. The van der Waals surface area contributed by atoms with Crippen molar-refractivity contribution in [1.29, 1.82) is 0 Å². The van der Waals surface area contributed by atoms with E-state index in [-0.39, 0.29) is 0 Å². The lowest BCUT2D eigenvalue weighted by molar-refractivity contribution is 0.0381. The van der Waals surface area contributed by atoms with Crippen LogP contribution in [0.1, 0.15) is 13.3 Å². The van der Waals surface area contributed by atoms with Crippen LogP contribution in [0.5, 0.6) is 0 Å². The van der Waals surface area contributed by atoms with E-state index in [9.17, 15) is 5.11 Å². The summed E-state index contributed by atoms with van der Waals surface area (Å²) in [6, 6.07) is 7.84. The van der Waals surface area contributed by atoms with Gasteiger partial charge in [0.25, 0.3) is 0 Å². The second-order valence-electron chi connectivity index (χ2n) is 5.32. The fourth-order valence-electron chi connectivity index (χ4n) is 2.43. The molecule has 0 aliphatic carbocycles. The molecule has 21 heavy (non-hydrogen) atoms. The molecule has 0 spiro atoms. The average molecular weight is 288 g/mol. The molecule has 1 aromatic carbocycles. The largest absolute Gasteiger partial charge is 0.386 e. The van der Waals surface area contributed by atoms with Crippen molar-refractivity contribution < 1.29 is 9.84 Å². The van der Waals surface area contributed by atoms with Gasteiger partial charge in [0.2, 0.25) is 5.95 Å². The standard InChI is InChI=1S/C15H20N4O2/c1-2-16-14-18-12-6-4-3-5-11(12)13(19-14)17-9-15(20)7-8-21-10-15/h3-6,20H,2,7-10H2,1H3,(H2,16,17,18,19). The lowest BCUT2D eigenvalue weighted by atomic mass is 10.0. The molecule has 6 nitrogen and oxygen atoms in total. The van der Waals surface area contributed by atoms with Gasteiger partial charge in [-0.3, -0.25) is 0 Å². The summed E-state index contributed by atoms with van der Waals surface area (Å²) < 4.78 is 5.26. The lowest BCUT2D eigenvalue weighted by Crippen LogP contribution is -2.37. The van der Waals surface area contributed by atoms with Gasteiger partial charge in [0.1, 0.15) is 11.4 Å². The van der Waals surface area contributed by atoms with Crippen molar-refractivity contribution in [2.75, 3.05) is 36.9 Å². The van der Waals surface area contributed by atoms with Gasteiger partial charge in [0.05, 0.1) is 12.1 Å². The van der Waals surface area contributed by atoms with Gasteiger partial charge in [-0.05, 0) is 19.1 Å². The van der Waals surface area contributed by atoms with Crippen molar-refractivity contribution >= 4 is 22.7 Å². The van der Waals surface area contributed by atoms with Crippen LogP contribution in [0.3, 0.4) is 0 Å². The summed E-state index contributed by atoms with van der Waals surface area (Å²) in [5.74, 6) is 1.32.